The second kappa shape index (κ2) is 9.77. The first-order chi connectivity index (χ1) is 15.9. The zero-order chi connectivity index (χ0) is 23.4. The highest BCUT2D eigenvalue weighted by Crippen LogP contribution is 2.32. The lowest BCUT2D eigenvalue weighted by Gasteiger charge is -2.36. The van der Waals surface area contributed by atoms with E-state index in [0.29, 0.717) is 41.4 Å². The number of anilines is 2. The Balaban J connectivity index is 1.51. The van der Waals surface area contributed by atoms with Crippen LogP contribution in [0.2, 0.25) is 0 Å². The van der Waals surface area contributed by atoms with Crippen LogP contribution < -0.4 is 15.5 Å². The average Bonchev–Trinajstić information content (AvgIpc) is 3.30. The Morgan fingerprint density at radius 1 is 1.18 bits per heavy atom. The Kier molecular flexibility index (Phi) is 6.82. The van der Waals surface area contributed by atoms with Gasteiger partial charge in [0.2, 0.25) is 5.91 Å². The predicted molar refractivity (Wildman–Crippen MR) is 129 cm³/mol. The topological polar surface area (TPSA) is 87.7 Å². The molecule has 2 N–H and O–H groups in total. The molecule has 1 aromatic carbocycles. The van der Waals surface area contributed by atoms with E-state index in [9.17, 15) is 14.4 Å². The molecule has 7 nitrogen and oxygen atoms in total. The molecule has 1 saturated carbocycles. The third kappa shape index (κ3) is 4.95. The van der Waals surface area contributed by atoms with Gasteiger partial charge in [0.1, 0.15) is 12.1 Å². The van der Waals surface area contributed by atoms with Gasteiger partial charge in [-0.15, -0.1) is 17.8 Å². The number of carbonyl (C=O) groups excluding carboxylic acids is 3. The van der Waals surface area contributed by atoms with Crippen LogP contribution in [0, 0.1) is 19.3 Å². The van der Waals surface area contributed by atoms with E-state index in [-0.39, 0.29) is 24.3 Å². The molecule has 0 unspecified atom stereocenters. The van der Waals surface area contributed by atoms with Gasteiger partial charge in [-0.1, -0.05) is 25.2 Å². The standard InChI is InChI=1S/C25H27N3O4S/c1-3-19-8-10-21(33-19)23(30)27-25(11-5-4-6-12-25)24(31)26-18-7-9-20(17(2)15-18)28-13-14-32-16-22(28)29/h1,7-10,15H,4-6,11-14,16H2,2H3,(H,26,31)(H,27,30). The normalized spacial score (nSPS) is 17.8. The van der Waals surface area contributed by atoms with Crippen LogP contribution in [0.1, 0.15) is 52.2 Å². The minimum Gasteiger partial charge on any atom is -0.370 e. The van der Waals surface area contributed by atoms with Crippen molar-refractivity contribution in [3.8, 4) is 12.3 Å². The van der Waals surface area contributed by atoms with Gasteiger partial charge in [0.05, 0.1) is 16.4 Å². The molecule has 2 aliphatic rings. The van der Waals surface area contributed by atoms with Crippen LogP contribution in [0.4, 0.5) is 11.4 Å². The quantitative estimate of drug-likeness (QED) is 0.662. The second-order valence-corrected chi connectivity index (χ2v) is 9.54. The van der Waals surface area contributed by atoms with E-state index >= 15 is 0 Å². The summed E-state index contributed by atoms with van der Waals surface area (Å²) in [6, 6.07) is 8.91. The van der Waals surface area contributed by atoms with Crippen LogP contribution >= 0.6 is 11.3 Å². The van der Waals surface area contributed by atoms with Crippen molar-refractivity contribution in [3.63, 3.8) is 0 Å². The van der Waals surface area contributed by atoms with Gasteiger partial charge in [-0.05, 0) is 55.7 Å². The Bertz CT molecular complexity index is 1110. The van der Waals surface area contributed by atoms with Crippen molar-refractivity contribution in [3.05, 3.63) is 45.6 Å². The highest BCUT2D eigenvalue weighted by Gasteiger charge is 2.41. The summed E-state index contributed by atoms with van der Waals surface area (Å²) in [7, 11) is 0. The Labute approximate surface area is 197 Å². The van der Waals surface area contributed by atoms with Crippen LogP contribution in [-0.4, -0.2) is 43.0 Å². The Morgan fingerprint density at radius 3 is 2.64 bits per heavy atom. The van der Waals surface area contributed by atoms with Gasteiger partial charge in [-0.25, -0.2) is 0 Å². The smallest absolute Gasteiger partial charge is 0.262 e. The molecule has 3 amide bonds. The molecule has 0 atom stereocenters. The van der Waals surface area contributed by atoms with E-state index in [4.69, 9.17) is 11.2 Å². The molecule has 172 valence electrons. The van der Waals surface area contributed by atoms with Crippen LogP contribution in [-0.2, 0) is 14.3 Å². The predicted octanol–water partition coefficient (Wildman–Crippen LogP) is 3.47. The van der Waals surface area contributed by atoms with Gasteiger partial charge in [-0.3, -0.25) is 14.4 Å². The number of amides is 3. The Morgan fingerprint density at radius 2 is 1.97 bits per heavy atom. The summed E-state index contributed by atoms with van der Waals surface area (Å²) in [6.45, 7) is 2.99. The average molecular weight is 466 g/mol. The van der Waals surface area contributed by atoms with Crippen LogP contribution in [0.15, 0.2) is 30.3 Å². The first-order valence-corrected chi connectivity index (χ1v) is 11.9. The molecule has 2 heterocycles. The van der Waals surface area contributed by atoms with Crippen molar-refractivity contribution in [2.45, 2.75) is 44.6 Å². The number of hydrogen-bond acceptors (Lipinski definition) is 5. The molecule has 4 rings (SSSR count). The van der Waals surface area contributed by atoms with Crippen molar-refractivity contribution < 1.29 is 19.1 Å². The van der Waals surface area contributed by atoms with E-state index in [1.165, 1.54) is 11.3 Å². The molecule has 0 radical (unpaired) electrons. The van der Waals surface area contributed by atoms with E-state index in [2.05, 4.69) is 16.6 Å². The first-order valence-electron chi connectivity index (χ1n) is 11.1. The third-order valence-corrected chi connectivity index (χ3v) is 7.21. The number of ether oxygens (including phenoxy) is 1. The zero-order valence-electron chi connectivity index (χ0n) is 18.6. The fraction of sp³-hybridized carbons (Fsp3) is 0.400. The fourth-order valence-corrected chi connectivity index (χ4v) is 5.15. The molecule has 1 aromatic heterocycles. The van der Waals surface area contributed by atoms with Crippen molar-refractivity contribution in [2.75, 3.05) is 30.0 Å². The van der Waals surface area contributed by atoms with Gasteiger partial charge in [0, 0.05) is 17.9 Å². The van der Waals surface area contributed by atoms with Crippen molar-refractivity contribution in [2.24, 2.45) is 0 Å². The summed E-state index contributed by atoms with van der Waals surface area (Å²) < 4.78 is 5.21. The monoisotopic (exact) mass is 465 g/mol. The molecule has 0 spiro atoms. The van der Waals surface area contributed by atoms with Gasteiger partial charge in [0.15, 0.2) is 0 Å². The minimum atomic E-state index is -0.970. The zero-order valence-corrected chi connectivity index (χ0v) is 19.4. The molecule has 2 aromatic rings. The molecule has 0 bridgehead atoms. The number of terminal acetylenes is 1. The van der Waals surface area contributed by atoms with Crippen molar-refractivity contribution in [1.29, 1.82) is 0 Å². The lowest BCUT2D eigenvalue weighted by Crippen LogP contribution is -2.57. The molecule has 33 heavy (non-hydrogen) atoms. The van der Waals surface area contributed by atoms with Gasteiger partial charge in [0.25, 0.3) is 11.8 Å². The lowest BCUT2D eigenvalue weighted by atomic mass is 9.80. The maximum atomic E-state index is 13.4. The highest BCUT2D eigenvalue weighted by molar-refractivity contribution is 7.14. The fourth-order valence-electron chi connectivity index (χ4n) is 4.44. The van der Waals surface area contributed by atoms with Crippen LogP contribution in [0.3, 0.4) is 0 Å². The second-order valence-electron chi connectivity index (χ2n) is 8.46. The molecular weight excluding hydrogens is 438 g/mol. The van der Waals surface area contributed by atoms with Crippen LogP contribution in [0.5, 0.6) is 0 Å². The minimum absolute atomic E-state index is 0.0766. The number of nitrogens with one attached hydrogen (secondary N) is 2. The van der Waals surface area contributed by atoms with Gasteiger partial charge in [-0.2, -0.15) is 0 Å². The van der Waals surface area contributed by atoms with Gasteiger partial charge >= 0.3 is 0 Å². The molecular formula is C25H27N3O4S. The number of benzene rings is 1. The number of rotatable bonds is 5. The molecule has 1 saturated heterocycles. The first kappa shape index (κ1) is 23.0. The third-order valence-electron chi connectivity index (χ3n) is 6.20. The van der Waals surface area contributed by atoms with Crippen molar-refractivity contribution >= 4 is 40.4 Å². The summed E-state index contributed by atoms with van der Waals surface area (Å²) in [4.78, 5) is 41.4. The number of nitrogens with zero attached hydrogens (tertiary/aromatic N) is 1. The van der Waals surface area contributed by atoms with E-state index in [1.807, 2.05) is 19.1 Å². The molecule has 2 fully saturated rings. The number of carbonyl (C=O) groups is 3. The summed E-state index contributed by atoms with van der Waals surface area (Å²) in [5.41, 5.74) is 1.35. The van der Waals surface area contributed by atoms with E-state index in [1.54, 1.807) is 23.1 Å². The largest absolute Gasteiger partial charge is 0.370 e. The number of hydrogen-bond donors (Lipinski definition) is 2. The Hall–Kier alpha value is -3.15. The maximum Gasteiger partial charge on any atom is 0.262 e. The highest BCUT2D eigenvalue weighted by atomic mass is 32.1. The molecule has 8 heteroatoms. The number of aryl methyl sites for hydroxylation is 1. The number of thiophene rings is 1. The number of morpholine rings is 1. The van der Waals surface area contributed by atoms with E-state index < -0.39 is 5.54 Å². The maximum absolute atomic E-state index is 13.4. The van der Waals surface area contributed by atoms with Crippen molar-refractivity contribution in [1.82, 2.24) is 5.32 Å². The molecule has 1 aliphatic carbocycles. The summed E-state index contributed by atoms with van der Waals surface area (Å²) in [5, 5.41) is 6.01. The van der Waals surface area contributed by atoms with E-state index in [0.717, 1.165) is 30.5 Å². The van der Waals surface area contributed by atoms with Crippen LogP contribution in [0.25, 0.3) is 0 Å². The summed E-state index contributed by atoms with van der Waals surface area (Å²) in [5.74, 6) is 1.95. The lowest BCUT2D eigenvalue weighted by molar-refractivity contribution is -0.125. The summed E-state index contributed by atoms with van der Waals surface area (Å²) in [6.07, 6.45) is 9.35. The van der Waals surface area contributed by atoms with Gasteiger partial charge < -0.3 is 20.3 Å². The molecule has 1 aliphatic heterocycles. The summed E-state index contributed by atoms with van der Waals surface area (Å²) >= 11 is 1.24. The SMILES string of the molecule is C#Cc1ccc(C(=O)NC2(C(=O)Nc3ccc(N4CCOCC4=O)c(C)c3)CCCCC2)s1.